The van der Waals surface area contributed by atoms with Gasteiger partial charge in [0.1, 0.15) is 11.2 Å². The Morgan fingerprint density at radius 1 is 0.429 bits per heavy atom. The standard InChI is InChI=1S/C51H32N4O/c1-4-13-33(14-5-1)34-23-25-37(26-24-34)50-52-49(36-17-8-3-9-18-36)53-51(54-50)38-27-30-45-43(31-38)41-19-10-11-21-44(41)55(45)39-28-29-42-47(32-39)56-46-22-12-20-40(48(42)46)35-15-6-2-7-16-35/h1-32H/i10D,11D,19D,21D,27D,30D,31D. The van der Waals surface area contributed by atoms with E-state index < -0.39 is 12.1 Å². The summed E-state index contributed by atoms with van der Waals surface area (Å²) >= 11 is 0. The number of hydrogen-bond acceptors (Lipinski definition) is 4. The first-order valence-electron chi connectivity index (χ1n) is 21.7. The first-order chi connectivity index (χ1) is 30.7. The summed E-state index contributed by atoms with van der Waals surface area (Å²) < 4.78 is 72.9. The first-order valence-corrected chi connectivity index (χ1v) is 18.2. The van der Waals surface area contributed by atoms with Crippen molar-refractivity contribution in [3.8, 4) is 62.1 Å². The minimum absolute atomic E-state index is 0.0176. The summed E-state index contributed by atoms with van der Waals surface area (Å²) in [5.74, 6) is 0.575. The second kappa shape index (κ2) is 13.0. The molecule has 0 aliphatic rings. The molecule has 0 N–H and O–H groups in total. The fourth-order valence-electron chi connectivity index (χ4n) is 7.47. The Labute approximate surface area is 332 Å². The van der Waals surface area contributed by atoms with Crippen molar-refractivity contribution in [2.75, 3.05) is 0 Å². The van der Waals surface area contributed by atoms with Crippen molar-refractivity contribution in [1.82, 2.24) is 19.5 Å². The van der Waals surface area contributed by atoms with E-state index in [4.69, 9.17) is 22.1 Å². The van der Waals surface area contributed by atoms with Gasteiger partial charge in [0.25, 0.3) is 0 Å². The average Bonchev–Trinajstić information content (AvgIpc) is 3.90. The van der Waals surface area contributed by atoms with Crippen molar-refractivity contribution in [2.45, 2.75) is 0 Å². The lowest BCUT2D eigenvalue weighted by Gasteiger charge is -2.10. The summed E-state index contributed by atoms with van der Waals surface area (Å²) in [7, 11) is 0. The molecule has 0 radical (unpaired) electrons. The largest absolute Gasteiger partial charge is 0.456 e. The third-order valence-corrected chi connectivity index (χ3v) is 10.1. The predicted molar refractivity (Wildman–Crippen MR) is 229 cm³/mol. The van der Waals surface area contributed by atoms with Gasteiger partial charge in [-0.2, -0.15) is 0 Å². The lowest BCUT2D eigenvalue weighted by Crippen LogP contribution is -2.00. The van der Waals surface area contributed by atoms with Gasteiger partial charge in [0.2, 0.25) is 0 Å². The molecule has 56 heavy (non-hydrogen) atoms. The van der Waals surface area contributed by atoms with Crippen molar-refractivity contribution < 1.29 is 14.0 Å². The number of furan rings is 1. The monoisotopic (exact) mass is 723 g/mol. The van der Waals surface area contributed by atoms with E-state index in [0.717, 1.165) is 33.0 Å². The van der Waals surface area contributed by atoms with E-state index >= 15 is 0 Å². The quantitative estimate of drug-likeness (QED) is 0.171. The van der Waals surface area contributed by atoms with Crippen molar-refractivity contribution in [3.05, 3.63) is 194 Å². The minimum atomic E-state index is -0.483. The highest BCUT2D eigenvalue weighted by atomic mass is 16.3. The van der Waals surface area contributed by atoms with E-state index in [1.54, 1.807) is 10.6 Å². The van der Waals surface area contributed by atoms with Gasteiger partial charge in [-0.3, -0.25) is 0 Å². The van der Waals surface area contributed by atoms with Crippen molar-refractivity contribution in [3.63, 3.8) is 0 Å². The van der Waals surface area contributed by atoms with Crippen LogP contribution in [0.15, 0.2) is 198 Å². The molecule has 11 rings (SSSR count). The lowest BCUT2D eigenvalue weighted by molar-refractivity contribution is 0.668. The molecule has 0 amide bonds. The van der Waals surface area contributed by atoms with Gasteiger partial charge in [-0.25, -0.2) is 15.0 Å². The molecule has 0 saturated carbocycles. The molecule has 262 valence electrons. The summed E-state index contributed by atoms with van der Waals surface area (Å²) in [5.41, 5.74) is 7.10. The van der Waals surface area contributed by atoms with E-state index in [0.29, 0.717) is 39.6 Å². The number of aromatic nitrogens is 4. The molecule has 3 heterocycles. The van der Waals surface area contributed by atoms with Crippen LogP contribution >= 0.6 is 0 Å². The molecule has 0 bridgehead atoms. The van der Waals surface area contributed by atoms with E-state index in [1.807, 2.05) is 146 Å². The van der Waals surface area contributed by atoms with Crippen LogP contribution in [0.1, 0.15) is 9.60 Å². The molecule has 5 nitrogen and oxygen atoms in total. The van der Waals surface area contributed by atoms with Crippen LogP contribution in [0.5, 0.6) is 0 Å². The molecule has 0 aliphatic carbocycles. The average molecular weight is 724 g/mol. The molecular formula is C51H32N4O. The van der Waals surface area contributed by atoms with Gasteiger partial charge in [-0.15, -0.1) is 0 Å². The molecule has 0 fully saturated rings. The van der Waals surface area contributed by atoms with Crippen LogP contribution in [0, 0.1) is 0 Å². The van der Waals surface area contributed by atoms with Crippen LogP contribution in [-0.4, -0.2) is 19.5 Å². The highest BCUT2D eigenvalue weighted by Crippen LogP contribution is 2.40. The first kappa shape index (κ1) is 25.4. The molecule has 0 unspecified atom stereocenters. The number of rotatable bonds is 6. The van der Waals surface area contributed by atoms with E-state index in [1.165, 1.54) is 0 Å². The third-order valence-electron chi connectivity index (χ3n) is 10.1. The SMILES string of the molecule is [2H]c1c([2H])c([2H])c2c(c1[2H])c1c([2H])c(-c3nc(-c4ccccc4)nc(-c4ccc(-c5ccccc5)cc4)n3)c([2H])c([2H])c1n2-c1ccc2c(c1)oc1cccc(-c3ccccc3)c12. The molecular weight excluding hydrogens is 685 g/mol. The topological polar surface area (TPSA) is 56.7 Å². The molecule has 0 spiro atoms. The normalized spacial score (nSPS) is 13.3. The summed E-state index contributed by atoms with van der Waals surface area (Å²) in [4.78, 5) is 14.5. The van der Waals surface area contributed by atoms with Gasteiger partial charge in [-0.1, -0.05) is 146 Å². The number of hydrogen-bond donors (Lipinski definition) is 0. The second-order valence-corrected chi connectivity index (χ2v) is 13.5. The number of fused-ring (bicyclic) bond motifs is 6. The van der Waals surface area contributed by atoms with Crippen LogP contribution in [0.4, 0.5) is 0 Å². The third kappa shape index (κ3) is 5.37. The Bertz CT molecular complexity index is 3630. The smallest absolute Gasteiger partial charge is 0.164 e. The summed E-state index contributed by atoms with van der Waals surface area (Å²) in [6, 6.07) is 45.8. The van der Waals surface area contributed by atoms with Gasteiger partial charge >= 0.3 is 0 Å². The van der Waals surface area contributed by atoms with Gasteiger partial charge in [0, 0.05) is 50.0 Å². The fourth-order valence-corrected chi connectivity index (χ4v) is 7.47. The van der Waals surface area contributed by atoms with E-state index in [-0.39, 0.29) is 63.4 Å². The van der Waals surface area contributed by atoms with Gasteiger partial charge in [-0.05, 0) is 64.6 Å². The Hall–Kier alpha value is -7.63. The summed E-state index contributed by atoms with van der Waals surface area (Å²) in [5, 5.41) is 1.86. The Morgan fingerprint density at radius 2 is 1.02 bits per heavy atom. The molecule has 11 aromatic rings. The maximum Gasteiger partial charge on any atom is 0.164 e. The van der Waals surface area contributed by atoms with Gasteiger partial charge in [0.15, 0.2) is 17.5 Å². The summed E-state index contributed by atoms with van der Waals surface area (Å²) in [6.07, 6.45) is 0. The van der Waals surface area contributed by atoms with Crippen LogP contribution in [-0.2, 0) is 0 Å². The summed E-state index contributed by atoms with van der Waals surface area (Å²) in [6.45, 7) is 0. The van der Waals surface area contributed by atoms with Gasteiger partial charge < -0.3 is 8.98 Å². The zero-order chi connectivity index (χ0) is 43.1. The lowest BCUT2D eigenvalue weighted by atomic mass is 9.99. The Balaban J connectivity index is 1.16. The molecule has 0 atom stereocenters. The van der Waals surface area contributed by atoms with Gasteiger partial charge in [0.05, 0.1) is 20.6 Å². The van der Waals surface area contributed by atoms with Crippen molar-refractivity contribution in [1.29, 1.82) is 0 Å². The molecule has 0 aliphatic heterocycles. The fraction of sp³-hybridized carbons (Fsp3) is 0. The molecule has 0 saturated heterocycles. The molecule has 3 aromatic heterocycles. The zero-order valence-corrected chi connectivity index (χ0v) is 29.6. The second-order valence-electron chi connectivity index (χ2n) is 13.5. The molecule has 8 aromatic carbocycles. The zero-order valence-electron chi connectivity index (χ0n) is 36.6. The maximum atomic E-state index is 9.86. The highest BCUT2D eigenvalue weighted by molar-refractivity contribution is 6.14. The molecule has 5 heteroatoms. The van der Waals surface area contributed by atoms with E-state index in [9.17, 15) is 6.85 Å². The maximum absolute atomic E-state index is 9.86. The number of nitrogens with zero attached hydrogens (tertiary/aromatic N) is 4. The number of para-hydroxylation sites is 1. The Kier molecular flexibility index (Phi) is 5.92. The van der Waals surface area contributed by atoms with Crippen LogP contribution in [0.2, 0.25) is 0 Å². The van der Waals surface area contributed by atoms with Crippen LogP contribution < -0.4 is 0 Å². The Morgan fingerprint density at radius 3 is 1.75 bits per heavy atom. The van der Waals surface area contributed by atoms with Crippen molar-refractivity contribution in [2.24, 2.45) is 0 Å². The van der Waals surface area contributed by atoms with Crippen LogP contribution in [0.3, 0.4) is 0 Å². The van der Waals surface area contributed by atoms with Crippen LogP contribution in [0.25, 0.3) is 106 Å². The van der Waals surface area contributed by atoms with E-state index in [2.05, 4.69) is 0 Å². The minimum Gasteiger partial charge on any atom is -0.456 e. The van der Waals surface area contributed by atoms with Crippen molar-refractivity contribution >= 4 is 43.7 Å². The highest BCUT2D eigenvalue weighted by Gasteiger charge is 2.19. The predicted octanol–water partition coefficient (Wildman–Crippen LogP) is 13.2. The number of benzene rings is 8.